The van der Waals surface area contributed by atoms with E-state index in [1.54, 1.807) is 10.9 Å². The third-order valence-corrected chi connectivity index (χ3v) is 4.82. The van der Waals surface area contributed by atoms with Gasteiger partial charge in [0.1, 0.15) is 6.04 Å². The van der Waals surface area contributed by atoms with E-state index in [2.05, 4.69) is 16.9 Å². The van der Waals surface area contributed by atoms with Gasteiger partial charge in [-0.15, -0.1) is 0 Å². The predicted octanol–water partition coefficient (Wildman–Crippen LogP) is 0.505. The van der Waals surface area contributed by atoms with E-state index < -0.39 is 6.04 Å². The maximum absolute atomic E-state index is 12.7. The van der Waals surface area contributed by atoms with E-state index in [-0.39, 0.29) is 11.9 Å². The summed E-state index contributed by atoms with van der Waals surface area (Å²) in [4.78, 5) is 17.2. The lowest BCUT2D eigenvalue weighted by atomic mass is 9.96. The van der Waals surface area contributed by atoms with Crippen molar-refractivity contribution in [2.24, 2.45) is 12.8 Å². The lowest BCUT2D eigenvalue weighted by Gasteiger charge is -2.48. The molecule has 3 unspecified atom stereocenters. The van der Waals surface area contributed by atoms with E-state index in [1.165, 1.54) is 25.8 Å². The molecule has 2 aliphatic heterocycles. The largest absolute Gasteiger partial charge is 0.335 e. The van der Waals surface area contributed by atoms with Crippen molar-refractivity contribution in [2.45, 2.75) is 44.3 Å². The number of piperazine rings is 1. The standard InChI is InChI=1S/C15H25N5O/c1-11-8-19-6-4-3-5-13(19)10-20(11)15(21)14(16)12-7-17-18(2)9-12/h7,9,11,13-14H,3-6,8,10,16H2,1-2H3. The summed E-state index contributed by atoms with van der Waals surface area (Å²) in [6, 6.07) is 0.144. The molecule has 3 rings (SSSR count). The quantitative estimate of drug-likeness (QED) is 0.862. The number of piperidine rings is 1. The van der Waals surface area contributed by atoms with Gasteiger partial charge in [0.15, 0.2) is 0 Å². The van der Waals surface area contributed by atoms with Crippen LogP contribution in [0.1, 0.15) is 37.8 Å². The van der Waals surface area contributed by atoms with Gasteiger partial charge < -0.3 is 10.6 Å². The van der Waals surface area contributed by atoms with Gasteiger partial charge in [0.2, 0.25) is 5.91 Å². The van der Waals surface area contributed by atoms with Gasteiger partial charge in [-0.25, -0.2) is 0 Å². The molecule has 1 amide bonds. The molecular formula is C15H25N5O. The first-order chi connectivity index (χ1) is 10.1. The molecule has 3 atom stereocenters. The van der Waals surface area contributed by atoms with E-state index in [9.17, 15) is 4.79 Å². The van der Waals surface area contributed by atoms with Crippen molar-refractivity contribution in [1.82, 2.24) is 19.6 Å². The van der Waals surface area contributed by atoms with Crippen molar-refractivity contribution in [2.75, 3.05) is 19.6 Å². The Morgan fingerprint density at radius 3 is 2.95 bits per heavy atom. The third kappa shape index (κ3) is 2.82. The van der Waals surface area contributed by atoms with Crippen LogP contribution in [-0.2, 0) is 11.8 Å². The molecule has 0 aromatic carbocycles. The number of amides is 1. The van der Waals surface area contributed by atoms with Gasteiger partial charge in [0.25, 0.3) is 0 Å². The molecule has 6 nitrogen and oxygen atoms in total. The lowest BCUT2D eigenvalue weighted by molar-refractivity contribution is -0.139. The summed E-state index contributed by atoms with van der Waals surface area (Å²) >= 11 is 0. The van der Waals surface area contributed by atoms with Crippen molar-refractivity contribution in [3.05, 3.63) is 18.0 Å². The second-order valence-electron chi connectivity index (χ2n) is 6.41. The Balaban J connectivity index is 1.71. The smallest absolute Gasteiger partial charge is 0.244 e. The molecule has 0 spiro atoms. The summed E-state index contributed by atoms with van der Waals surface area (Å²) < 4.78 is 1.69. The van der Waals surface area contributed by atoms with Crippen molar-refractivity contribution in [3.8, 4) is 0 Å². The highest BCUT2D eigenvalue weighted by molar-refractivity contribution is 5.83. The van der Waals surface area contributed by atoms with Gasteiger partial charge in [-0.3, -0.25) is 14.4 Å². The Labute approximate surface area is 125 Å². The van der Waals surface area contributed by atoms with Gasteiger partial charge in [0.05, 0.1) is 6.20 Å². The zero-order valence-corrected chi connectivity index (χ0v) is 12.9. The molecule has 1 aromatic rings. The minimum atomic E-state index is -0.601. The van der Waals surface area contributed by atoms with Crippen LogP contribution in [0.25, 0.3) is 0 Å². The summed E-state index contributed by atoms with van der Waals surface area (Å²) in [5, 5.41) is 4.11. The highest BCUT2D eigenvalue weighted by Crippen LogP contribution is 2.25. The van der Waals surface area contributed by atoms with E-state index in [4.69, 9.17) is 5.73 Å². The number of rotatable bonds is 2. The van der Waals surface area contributed by atoms with Gasteiger partial charge in [-0.2, -0.15) is 5.10 Å². The number of hydrogen-bond acceptors (Lipinski definition) is 4. The Bertz CT molecular complexity index is 514. The molecule has 6 heteroatoms. The molecule has 2 aliphatic rings. The summed E-state index contributed by atoms with van der Waals surface area (Å²) in [6.07, 6.45) is 7.26. The van der Waals surface area contributed by atoms with E-state index in [0.29, 0.717) is 6.04 Å². The van der Waals surface area contributed by atoms with Crippen LogP contribution in [0.15, 0.2) is 12.4 Å². The topological polar surface area (TPSA) is 67.4 Å². The molecule has 0 bridgehead atoms. The SMILES string of the molecule is CC1CN2CCCCC2CN1C(=O)C(N)c1cnn(C)c1. The molecular weight excluding hydrogens is 266 g/mol. The van der Waals surface area contributed by atoms with Gasteiger partial charge >= 0.3 is 0 Å². The maximum Gasteiger partial charge on any atom is 0.244 e. The second-order valence-corrected chi connectivity index (χ2v) is 6.41. The number of aryl methyl sites for hydroxylation is 1. The number of nitrogens with two attached hydrogens (primary N) is 1. The summed E-state index contributed by atoms with van der Waals surface area (Å²) in [5.74, 6) is 0.0284. The monoisotopic (exact) mass is 291 g/mol. The van der Waals surface area contributed by atoms with Crippen LogP contribution in [0.2, 0.25) is 0 Å². The van der Waals surface area contributed by atoms with Crippen molar-refractivity contribution < 1.29 is 4.79 Å². The Morgan fingerprint density at radius 2 is 2.24 bits per heavy atom. The molecule has 0 saturated carbocycles. The normalized spacial score (nSPS) is 28.2. The number of hydrogen-bond donors (Lipinski definition) is 1. The minimum Gasteiger partial charge on any atom is -0.335 e. The number of aromatic nitrogens is 2. The van der Waals surface area contributed by atoms with Crippen LogP contribution in [0.5, 0.6) is 0 Å². The van der Waals surface area contributed by atoms with Crippen LogP contribution in [0, 0.1) is 0 Å². The molecule has 116 valence electrons. The summed E-state index contributed by atoms with van der Waals surface area (Å²) in [6.45, 7) is 5.08. The molecule has 3 heterocycles. The van der Waals surface area contributed by atoms with E-state index in [0.717, 1.165) is 18.7 Å². The van der Waals surface area contributed by atoms with Crippen LogP contribution < -0.4 is 5.73 Å². The first-order valence-corrected chi connectivity index (χ1v) is 7.85. The average molecular weight is 291 g/mol. The Kier molecular flexibility index (Phi) is 3.99. The first kappa shape index (κ1) is 14.5. The lowest BCUT2D eigenvalue weighted by Crippen LogP contribution is -2.61. The van der Waals surface area contributed by atoms with Crippen LogP contribution in [0.3, 0.4) is 0 Å². The number of nitrogens with zero attached hydrogens (tertiary/aromatic N) is 4. The molecule has 0 radical (unpaired) electrons. The number of fused-ring (bicyclic) bond motifs is 1. The highest BCUT2D eigenvalue weighted by Gasteiger charge is 2.37. The predicted molar refractivity (Wildman–Crippen MR) is 80.5 cm³/mol. The van der Waals surface area contributed by atoms with Gasteiger partial charge in [-0.1, -0.05) is 6.42 Å². The number of carbonyl (C=O) groups excluding carboxylic acids is 1. The minimum absolute atomic E-state index is 0.0284. The fourth-order valence-corrected chi connectivity index (χ4v) is 3.58. The Morgan fingerprint density at radius 1 is 1.43 bits per heavy atom. The van der Waals surface area contributed by atoms with Crippen molar-refractivity contribution in [3.63, 3.8) is 0 Å². The van der Waals surface area contributed by atoms with Crippen LogP contribution in [0.4, 0.5) is 0 Å². The van der Waals surface area contributed by atoms with Crippen LogP contribution in [-0.4, -0.2) is 57.2 Å². The molecule has 0 aliphatic carbocycles. The first-order valence-electron chi connectivity index (χ1n) is 7.85. The van der Waals surface area contributed by atoms with Gasteiger partial charge in [0, 0.05) is 44.0 Å². The zero-order chi connectivity index (χ0) is 15.0. The molecule has 21 heavy (non-hydrogen) atoms. The molecule has 2 fully saturated rings. The zero-order valence-electron chi connectivity index (χ0n) is 12.9. The fourth-order valence-electron chi connectivity index (χ4n) is 3.58. The van der Waals surface area contributed by atoms with E-state index in [1.807, 2.05) is 18.1 Å². The highest BCUT2D eigenvalue weighted by atomic mass is 16.2. The summed E-state index contributed by atoms with van der Waals surface area (Å²) in [7, 11) is 1.84. The molecule has 1 aromatic heterocycles. The molecule has 2 N–H and O–H groups in total. The Hall–Kier alpha value is -1.40. The van der Waals surface area contributed by atoms with E-state index >= 15 is 0 Å². The maximum atomic E-state index is 12.7. The third-order valence-electron chi connectivity index (χ3n) is 4.82. The van der Waals surface area contributed by atoms with Gasteiger partial charge in [-0.05, 0) is 26.3 Å². The molecule has 2 saturated heterocycles. The van der Waals surface area contributed by atoms with Crippen molar-refractivity contribution in [1.29, 1.82) is 0 Å². The van der Waals surface area contributed by atoms with Crippen LogP contribution >= 0.6 is 0 Å². The second kappa shape index (κ2) is 5.77. The average Bonchev–Trinajstić information content (AvgIpc) is 2.91. The van der Waals surface area contributed by atoms with Crippen molar-refractivity contribution >= 4 is 5.91 Å². The summed E-state index contributed by atoms with van der Waals surface area (Å²) in [5.41, 5.74) is 6.95. The number of carbonyl (C=O) groups is 1. The fraction of sp³-hybridized carbons (Fsp3) is 0.733.